The van der Waals surface area contributed by atoms with Gasteiger partial charge in [0.05, 0.1) is 0 Å². The van der Waals surface area contributed by atoms with Crippen molar-refractivity contribution in [3.8, 4) is 22.7 Å². The first-order chi connectivity index (χ1) is 13.6. The Bertz CT molecular complexity index is 1200. The van der Waals surface area contributed by atoms with Gasteiger partial charge in [-0.15, -0.1) is 0 Å². The lowest BCUT2D eigenvalue weighted by atomic mass is 10.1. The van der Waals surface area contributed by atoms with Crippen molar-refractivity contribution in [3.05, 3.63) is 82.7 Å². The van der Waals surface area contributed by atoms with Crippen LogP contribution in [0.3, 0.4) is 0 Å². The number of H-pyrrole nitrogens is 1. The van der Waals surface area contributed by atoms with Gasteiger partial charge < -0.3 is 14.8 Å². The highest BCUT2D eigenvalue weighted by atomic mass is 16.5. The van der Waals surface area contributed by atoms with Gasteiger partial charge in [-0.2, -0.15) is 0 Å². The lowest BCUT2D eigenvalue weighted by molar-refractivity contribution is 0.101. The number of aromatic amines is 1. The Labute approximate surface area is 159 Å². The first-order valence-electron chi connectivity index (χ1n) is 8.45. The fourth-order valence-electron chi connectivity index (χ4n) is 2.68. The number of carbonyl (C=O) groups is 1. The second-order valence-corrected chi connectivity index (χ2v) is 6.09. The summed E-state index contributed by atoms with van der Waals surface area (Å²) in [4.78, 5) is 35.2. The molecular formula is C20H15N5O3. The molecule has 8 heteroatoms. The summed E-state index contributed by atoms with van der Waals surface area (Å²) in [6, 6.07) is 13.6. The van der Waals surface area contributed by atoms with E-state index in [1.807, 2.05) is 6.07 Å². The molecule has 2 N–H and O–H groups in total. The van der Waals surface area contributed by atoms with Crippen LogP contribution in [0, 0.1) is 6.92 Å². The zero-order valence-corrected chi connectivity index (χ0v) is 14.8. The Morgan fingerprint density at radius 2 is 1.96 bits per heavy atom. The van der Waals surface area contributed by atoms with Crippen molar-refractivity contribution < 1.29 is 9.32 Å². The fourth-order valence-corrected chi connectivity index (χ4v) is 2.68. The predicted octanol–water partition coefficient (Wildman–Crippen LogP) is 3.05. The Balaban J connectivity index is 1.56. The van der Waals surface area contributed by atoms with Crippen LogP contribution in [0.25, 0.3) is 22.7 Å². The maximum atomic E-state index is 12.5. The number of nitrogens with one attached hydrogen (secondary N) is 2. The molecule has 0 unspecified atom stereocenters. The van der Waals surface area contributed by atoms with Gasteiger partial charge in [-0.1, -0.05) is 17.3 Å². The highest BCUT2D eigenvalue weighted by molar-refractivity contribution is 6.03. The number of pyridine rings is 1. The van der Waals surface area contributed by atoms with Crippen LogP contribution in [0.5, 0.6) is 0 Å². The molecule has 3 aromatic heterocycles. The summed E-state index contributed by atoms with van der Waals surface area (Å²) in [5.41, 5.74) is 2.46. The highest BCUT2D eigenvalue weighted by Gasteiger charge is 2.14. The van der Waals surface area contributed by atoms with E-state index in [2.05, 4.69) is 25.4 Å². The quantitative estimate of drug-likeness (QED) is 0.568. The van der Waals surface area contributed by atoms with Crippen molar-refractivity contribution in [2.75, 3.05) is 5.32 Å². The zero-order valence-electron chi connectivity index (χ0n) is 14.8. The molecule has 0 radical (unpaired) electrons. The molecule has 0 bridgehead atoms. The number of nitrogens with zero attached hydrogens (tertiary/aromatic N) is 3. The van der Waals surface area contributed by atoms with E-state index in [0.29, 0.717) is 28.5 Å². The predicted molar refractivity (Wildman–Crippen MR) is 103 cm³/mol. The smallest absolute Gasteiger partial charge is 0.277 e. The van der Waals surface area contributed by atoms with Crippen molar-refractivity contribution in [2.24, 2.45) is 0 Å². The van der Waals surface area contributed by atoms with Crippen LogP contribution in [0.4, 0.5) is 5.69 Å². The van der Waals surface area contributed by atoms with Crippen LogP contribution in [-0.2, 0) is 0 Å². The van der Waals surface area contributed by atoms with Crippen LogP contribution in [0.2, 0.25) is 0 Å². The second-order valence-electron chi connectivity index (χ2n) is 6.09. The molecule has 0 spiro atoms. The third-order valence-corrected chi connectivity index (χ3v) is 3.95. The minimum absolute atomic E-state index is 0.145. The normalized spacial score (nSPS) is 10.6. The Hall–Kier alpha value is -4.07. The second kappa shape index (κ2) is 7.28. The molecule has 0 saturated carbocycles. The fraction of sp³-hybridized carbons (Fsp3) is 0.0500. The van der Waals surface area contributed by atoms with E-state index in [1.165, 1.54) is 6.07 Å². The first kappa shape index (κ1) is 17.3. The van der Waals surface area contributed by atoms with E-state index in [1.54, 1.807) is 55.7 Å². The summed E-state index contributed by atoms with van der Waals surface area (Å²) < 4.78 is 5.23. The van der Waals surface area contributed by atoms with E-state index in [0.717, 1.165) is 5.56 Å². The average molecular weight is 373 g/mol. The summed E-state index contributed by atoms with van der Waals surface area (Å²) in [6.45, 7) is 1.74. The molecule has 8 nitrogen and oxygen atoms in total. The first-order valence-corrected chi connectivity index (χ1v) is 8.45. The number of carbonyl (C=O) groups excluding carboxylic acids is 1. The standard InChI is InChI=1S/C20H15N5O3/c1-12-8-18(26)24-19(22-12)13-4-2-6-15(9-13)23-20(27)16-10-17(28-25-16)14-5-3-7-21-11-14/h2-11H,1H3,(H,23,27)(H,22,24,26). The molecule has 0 aliphatic rings. The summed E-state index contributed by atoms with van der Waals surface area (Å²) >= 11 is 0. The highest BCUT2D eigenvalue weighted by Crippen LogP contribution is 2.21. The molecular weight excluding hydrogens is 358 g/mol. The van der Waals surface area contributed by atoms with Gasteiger partial charge in [0.2, 0.25) is 0 Å². The number of amides is 1. The molecule has 1 amide bonds. The van der Waals surface area contributed by atoms with Crippen LogP contribution in [-0.4, -0.2) is 26.0 Å². The topological polar surface area (TPSA) is 114 Å². The van der Waals surface area contributed by atoms with E-state index in [9.17, 15) is 9.59 Å². The van der Waals surface area contributed by atoms with Gasteiger partial charge in [0, 0.05) is 47.0 Å². The molecule has 3 heterocycles. The maximum absolute atomic E-state index is 12.5. The Morgan fingerprint density at radius 3 is 2.75 bits per heavy atom. The molecule has 4 rings (SSSR count). The number of aromatic nitrogens is 4. The van der Waals surface area contributed by atoms with Gasteiger partial charge >= 0.3 is 0 Å². The Kier molecular flexibility index (Phi) is 4.51. The van der Waals surface area contributed by atoms with Gasteiger partial charge in [0.15, 0.2) is 11.5 Å². The zero-order chi connectivity index (χ0) is 19.5. The number of hydrogen-bond acceptors (Lipinski definition) is 6. The van der Waals surface area contributed by atoms with Crippen molar-refractivity contribution in [1.29, 1.82) is 0 Å². The maximum Gasteiger partial charge on any atom is 0.277 e. The number of hydrogen-bond donors (Lipinski definition) is 2. The van der Waals surface area contributed by atoms with Gasteiger partial charge in [-0.05, 0) is 31.2 Å². The number of benzene rings is 1. The van der Waals surface area contributed by atoms with Gasteiger partial charge in [-0.3, -0.25) is 14.6 Å². The molecule has 28 heavy (non-hydrogen) atoms. The lowest BCUT2D eigenvalue weighted by Gasteiger charge is -2.06. The van der Waals surface area contributed by atoms with Crippen molar-refractivity contribution in [1.82, 2.24) is 20.1 Å². The molecule has 0 atom stereocenters. The van der Waals surface area contributed by atoms with Crippen LogP contribution >= 0.6 is 0 Å². The number of rotatable bonds is 4. The third-order valence-electron chi connectivity index (χ3n) is 3.95. The van der Waals surface area contributed by atoms with Crippen molar-refractivity contribution >= 4 is 11.6 Å². The summed E-state index contributed by atoms with van der Waals surface area (Å²) in [5, 5.41) is 6.58. The van der Waals surface area contributed by atoms with Crippen molar-refractivity contribution in [2.45, 2.75) is 6.92 Å². The summed E-state index contributed by atoms with van der Waals surface area (Å²) in [7, 11) is 0. The van der Waals surface area contributed by atoms with E-state index >= 15 is 0 Å². The van der Waals surface area contributed by atoms with Crippen LogP contribution < -0.4 is 10.9 Å². The molecule has 138 valence electrons. The molecule has 0 aliphatic heterocycles. The lowest BCUT2D eigenvalue weighted by Crippen LogP contribution is -2.12. The SMILES string of the molecule is Cc1cc(=O)[nH]c(-c2cccc(NC(=O)c3cc(-c4cccnc4)on3)c2)n1. The monoisotopic (exact) mass is 373 g/mol. The average Bonchev–Trinajstić information content (AvgIpc) is 3.19. The summed E-state index contributed by atoms with van der Waals surface area (Å²) in [5.74, 6) is 0.469. The minimum atomic E-state index is -0.415. The number of anilines is 1. The van der Waals surface area contributed by atoms with Gasteiger partial charge in [0.25, 0.3) is 11.5 Å². The van der Waals surface area contributed by atoms with Crippen molar-refractivity contribution in [3.63, 3.8) is 0 Å². The van der Waals surface area contributed by atoms with Gasteiger partial charge in [-0.25, -0.2) is 4.98 Å². The molecule has 1 aromatic carbocycles. The molecule has 0 aliphatic carbocycles. The van der Waals surface area contributed by atoms with Crippen LogP contribution in [0.15, 0.2) is 70.2 Å². The van der Waals surface area contributed by atoms with E-state index in [-0.39, 0.29) is 11.3 Å². The Morgan fingerprint density at radius 1 is 1.11 bits per heavy atom. The van der Waals surface area contributed by atoms with Crippen LogP contribution in [0.1, 0.15) is 16.2 Å². The van der Waals surface area contributed by atoms with E-state index < -0.39 is 5.91 Å². The molecule has 4 aromatic rings. The summed E-state index contributed by atoms with van der Waals surface area (Å²) in [6.07, 6.45) is 3.28. The number of aryl methyl sites for hydroxylation is 1. The molecule has 0 saturated heterocycles. The molecule has 0 fully saturated rings. The largest absolute Gasteiger partial charge is 0.355 e. The van der Waals surface area contributed by atoms with E-state index in [4.69, 9.17) is 4.52 Å². The third kappa shape index (κ3) is 3.70. The minimum Gasteiger partial charge on any atom is -0.355 e. The van der Waals surface area contributed by atoms with Gasteiger partial charge in [0.1, 0.15) is 5.82 Å².